The molecule has 2 rings (SSSR count). The lowest BCUT2D eigenvalue weighted by Gasteiger charge is -2.12. The van der Waals surface area contributed by atoms with E-state index in [1.807, 2.05) is 0 Å². The van der Waals surface area contributed by atoms with Crippen LogP contribution >= 0.6 is 0 Å². The smallest absolute Gasteiger partial charge is 0.303 e. The number of para-hydroxylation sites is 1. The van der Waals surface area contributed by atoms with Gasteiger partial charge in [0.2, 0.25) is 0 Å². The zero-order valence-corrected chi connectivity index (χ0v) is 14.5. The van der Waals surface area contributed by atoms with Crippen molar-refractivity contribution in [2.45, 2.75) is 12.8 Å². The summed E-state index contributed by atoms with van der Waals surface area (Å²) < 4.78 is 0. The van der Waals surface area contributed by atoms with Crippen LogP contribution in [0.2, 0.25) is 0 Å². The highest BCUT2D eigenvalue weighted by Gasteiger charge is 2.19. The molecule has 0 fully saturated rings. The molecule has 0 bridgehead atoms. The summed E-state index contributed by atoms with van der Waals surface area (Å²) in [5.74, 6) is -2.77. The van der Waals surface area contributed by atoms with Gasteiger partial charge in [-0.25, -0.2) is 0 Å². The van der Waals surface area contributed by atoms with E-state index in [9.17, 15) is 29.6 Å². The number of nitro groups is 1. The average Bonchev–Trinajstić information content (AvgIpc) is 2.65. The van der Waals surface area contributed by atoms with Gasteiger partial charge in [0, 0.05) is 25.1 Å². The quantitative estimate of drug-likeness (QED) is 0.307. The number of phenolic OH excluding ortho intramolecular Hbond substituents is 1. The maximum atomic E-state index is 12.4. The van der Waals surface area contributed by atoms with Gasteiger partial charge in [-0.2, -0.15) is 0 Å². The topological polar surface area (TPSA) is 159 Å². The summed E-state index contributed by atoms with van der Waals surface area (Å²) in [5.41, 5.74) is -0.427. The highest BCUT2D eigenvalue weighted by atomic mass is 16.6. The second-order valence-corrected chi connectivity index (χ2v) is 5.71. The predicted octanol–water partition coefficient (Wildman–Crippen LogP) is 2.15. The zero-order chi connectivity index (χ0) is 20.7. The third-order valence-corrected chi connectivity index (χ3v) is 3.71. The number of anilines is 1. The zero-order valence-electron chi connectivity index (χ0n) is 14.5. The Bertz CT molecular complexity index is 927. The molecular weight excluding hydrogens is 370 g/mol. The number of nitrogens with one attached hydrogen (secondary N) is 2. The minimum Gasteiger partial charge on any atom is -0.507 e. The van der Waals surface area contributed by atoms with Gasteiger partial charge in [0.05, 0.1) is 21.7 Å². The number of carboxylic acid groups (broad SMARTS) is 1. The number of nitro benzene ring substituents is 1. The molecule has 2 amide bonds. The van der Waals surface area contributed by atoms with Crippen molar-refractivity contribution in [1.82, 2.24) is 5.32 Å². The Balaban J connectivity index is 2.16. The van der Waals surface area contributed by atoms with Crippen molar-refractivity contribution in [1.29, 1.82) is 0 Å². The molecule has 146 valence electrons. The number of hydrogen-bond acceptors (Lipinski definition) is 6. The van der Waals surface area contributed by atoms with Crippen LogP contribution in [0.4, 0.5) is 11.4 Å². The third-order valence-electron chi connectivity index (χ3n) is 3.71. The fourth-order valence-electron chi connectivity index (χ4n) is 2.34. The summed E-state index contributed by atoms with van der Waals surface area (Å²) in [6.07, 6.45) is 0.155. The number of non-ortho nitro benzene ring substituents is 1. The third kappa shape index (κ3) is 5.27. The van der Waals surface area contributed by atoms with Crippen molar-refractivity contribution >= 4 is 29.2 Å². The lowest BCUT2D eigenvalue weighted by atomic mass is 10.1. The van der Waals surface area contributed by atoms with Crippen LogP contribution in [-0.4, -0.2) is 39.5 Å². The van der Waals surface area contributed by atoms with Gasteiger partial charge in [-0.1, -0.05) is 12.1 Å². The number of amides is 2. The van der Waals surface area contributed by atoms with Gasteiger partial charge in [0.25, 0.3) is 17.5 Å². The number of carboxylic acids is 1. The largest absolute Gasteiger partial charge is 0.507 e. The Morgan fingerprint density at radius 2 is 1.75 bits per heavy atom. The van der Waals surface area contributed by atoms with E-state index in [-0.39, 0.29) is 41.9 Å². The first-order valence-electron chi connectivity index (χ1n) is 8.17. The maximum Gasteiger partial charge on any atom is 0.303 e. The lowest BCUT2D eigenvalue weighted by molar-refractivity contribution is -0.384. The van der Waals surface area contributed by atoms with E-state index in [0.29, 0.717) is 0 Å². The van der Waals surface area contributed by atoms with Crippen molar-refractivity contribution in [3.05, 3.63) is 63.7 Å². The van der Waals surface area contributed by atoms with Crippen LogP contribution in [0.3, 0.4) is 0 Å². The van der Waals surface area contributed by atoms with Crippen molar-refractivity contribution in [3.63, 3.8) is 0 Å². The van der Waals surface area contributed by atoms with Crippen LogP contribution in [-0.2, 0) is 4.79 Å². The number of aliphatic carboxylic acids is 1. The van der Waals surface area contributed by atoms with E-state index in [4.69, 9.17) is 5.11 Å². The number of aromatic hydroxyl groups is 1. The van der Waals surface area contributed by atoms with Gasteiger partial charge < -0.3 is 20.8 Å². The molecule has 10 heteroatoms. The van der Waals surface area contributed by atoms with Crippen LogP contribution in [0.15, 0.2) is 42.5 Å². The van der Waals surface area contributed by atoms with Crippen LogP contribution in [0.25, 0.3) is 0 Å². The molecule has 4 N–H and O–H groups in total. The second kappa shape index (κ2) is 9.12. The van der Waals surface area contributed by atoms with Crippen molar-refractivity contribution < 1.29 is 29.5 Å². The molecule has 0 aliphatic rings. The molecule has 0 aliphatic heterocycles. The standard InChI is InChI=1S/C18H17N3O7/c22-15-8-7-11(21(27)28)10-13(15)18(26)20-14-5-2-1-4-12(14)17(25)19-9-3-6-16(23)24/h1-2,4-5,7-8,10,22H,3,6,9H2,(H,19,25)(H,20,26)(H,23,24). The molecule has 10 nitrogen and oxygen atoms in total. The summed E-state index contributed by atoms with van der Waals surface area (Å²) in [7, 11) is 0. The van der Waals surface area contributed by atoms with Crippen LogP contribution in [0, 0.1) is 10.1 Å². The van der Waals surface area contributed by atoms with Gasteiger partial charge in [-0.3, -0.25) is 24.5 Å². The Kier molecular flexibility index (Phi) is 6.63. The molecule has 28 heavy (non-hydrogen) atoms. The first-order valence-corrected chi connectivity index (χ1v) is 8.17. The van der Waals surface area contributed by atoms with E-state index in [2.05, 4.69) is 10.6 Å². The fraction of sp³-hybridized carbons (Fsp3) is 0.167. The minimum absolute atomic E-state index is 0.0925. The summed E-state index contributed by atoms with van der Waals surface area (Å²) in [5, 5.41) is 34.3. The van der Waals surface area contributed by atoms with Gasteiger partial charge >= 0.3 is 5.97 Å². The molecule has 0 spiro atoms. The predicted molar refractivity (Wildman–Crippen MR) is 98.4 cm³/mol. The molecule has 0 aliphatic carbocycles. The van der Waals surface area contributed by atoms with E-state index in [1.54, 1.807) is 12.1 Å². The van der Waals surface area contributed by atoms with Gasteiger partial charge in [-0.05, 0) is 24.6 Å². The molecule has 2 aromatic carbocycles. The van der Waals surface area contributed by atoms with Crippen molar-refractivity contribution in [2.24, 2.45) is 0 Å². The molecule has 2 aromatic rings. The summed E-state index contributed by atoms with van der Waals surface area (Å²) >= 11 is 0. The van der Waals surface area contributed by atoms with Crippen LogP contribution in [0.5, 0.6) is 5.75 Å². The number of carbonyl (C=O) groups is 3. The number of nitrogens with zero attached hydrogens (tertiary/aromatic N) is 1. The van der Waals surface area contributed by atoms with E-state index >= 15 is 0 Å². The van der Waals surface area contributed by atoms with Gasteiger partial charge in [-0.15, -0.1) is 0 Å². The van der Waals surface area contributed by atoms with Gasteiger partial charge in [0.15, 0.2) is 0 Å². The second-order valence-electron chi connectivity index (χ2n) is 5.71. The first-order chi connectivity index (χ1) is 13.3. The maximum absolute atomic E-state index is 12.4. The highest BCUT2D eigenvalue weighted by molar-refractivity contribution is 6.10. The van der Waals surface area contributed by atoms with E-state index in [1.165, 1.54) is 12.1 Å². The number of carbonyl (C=O) groups excluding carboxylic acids is 2. The molecule has 0 saturated heterocycles. The van der Waals surface area contributed by atoms with Crippen molar-refractivity contribution in [3.8, 4) is 5.75 Å². The summed E-state index contributed by atoms with van der Waals surface area (Å²) in [6.45, 7) is 0.138. The molecule has 0 saturated carbocycles. The lowest BCUT2D eigenvalue weighted by Crippen LogP contribution is -2.26. The Hall–Kier alpha value is -3.95. The Morgan fingerprint density at radius 1 is 1.04 bits per heavy atom. The number of phenols is 1. The minimum atomic E-state index is -0.973. The Labute approximate surface area is 159 Å². The highest BCUT2D eigenvalue weighted by Crippen LogP contribution is 2.25. The molecule has 0 unspecified atom stereocenters. The molecule has 0 heterocycles. The monoisotopic (exact) mass is 387 g/mol. The molecule has 0 atom stereocenters. The van der Waals surface area contributed by atoms with Crippen LogP contribution in [0.1, 0.15) is 33.6 Å². The number of benzene rings is 2. The molecule has 0 aromatic heterocycles. The van der Waals surface area contributed by atoms with Gasteiger partial charge in [0.1, 0.15) is 5.75 Å². The molecule has 0 radical (unpaired) electrons. The number of rotatable bonds is 8. The van der Waals surface area contributed by atoms with E-state index in [0.717, 1.165) is 18.2 Å². The Morgan fingerprint density at radius 3 is 2.43 bits per heavy atom. The SMILES string of the molecule is O=C(O)CCCNC(=O)c1ccccc1NC(=O)c1cc([N+](=O)[O-])ccc1O. The molecular formula is C18H17N3O7. The fourth-order valence-corrected chi connectivity index (χ4v) is 2.34. The first kappa shape index (κ1) is 20.4. The summed E-state index contributed by atoms with van der Waals surface area (Å²) in [6, 6.07) is 9.09. The number of hydrogen-bond donors (Lipinski definition) is 4. The normalized spacial score (nSPS) is 10.1. The van der Waals surface area contributed by atoms with E-state index < -0.39 is 28.5 Å². The summed E-state index contributed by atoms with van der Waals surface area (Å²) in [4.78, 5) is 45.4. The van der Waals surface area contributed by atoms with Crippen LogP contribution < -0.4 is 10.6 Å². The average molecular weight is 387 g/mol. The van der Waals surface area contributed by atoms with Crippen molar-refractivity contribution in [2.75, 3.05) is 11.9 Å².